The molecular formula is C16H19FO4. The molecule has 2 aliphatic rings. The van der Waals surface area contributed by atoms with Gasteiger partial charge in [0, 0.05) is 5.56 Å². The number of benzene rings is 1. The van der Waals surface area contributed by atoms with Crippen LogP contribution in [-0.4, -0.2) is 17.9 Å². The largest absolute Gasteiger partial charge is 0.481 e. The number of carbonyl (C=O) groups is 1. The topological polar surface area (TPSA) is 55.8 Å². The van der Waals surface area contributed by atoms with Crippen molar-refractivity contribution < 1.29 is 23.8 Å². The Morgan fingerprint density at radius 2 is 2.00 bits per heavy atom. The summed E-state index contributed by atoms with van der Waals surface area (Å²) in [5, 5.41) is 9.81. The minimum Gasteiger partial charge on any atom is -0.481 e. The Bertz CT molecular complexity index is 562. The lowest BCUT2D eigenvalue weighted by Crippen LogP contribution is -2.38. The SMILES string of the molecule is CC(F)c1cc2c(c(C3(C(=O)O)CCCCC3)c1)OCO2. The van der Waals surface area contributed by atoms with Gasteiger partial charge < -0.3 is 14.6 Å². The molecule has 21 heavy (non-hydrogen) atoms. The summed E-state index contributed by atoms with van der Waals surface area (Å²) in [7, 11) is 0. The van der Waals surface area contributed by atoms with Crippen molar-refractivity contribution in [1.82, 2.24) is 0 Å². The molecule has 0 saturated heterocycles. The van der Waals surface area contributed by atoms with Crippen molar-refractivity contribution >= 4 is 5.97 Å². The highest BCUT2D eigenvalue weighted by Gasteiger charge is 2.45. The van der Waals surface area contributed by atoms with E-state index in [1.807, 2.05) is 0 Å². The van der Waals surface area contributed by atoms with Crippen molar-refractivity contribution in [3.8, 4) is 11.5 Å². The van der Waals surface area contributed by atoms with Crippen LogP contribution >= 0.6 is 0 Å². The second-order valence-electron chi connectivity index (χ2n) is 5.87. The summed E-state index contributed by atoms with van der Waals surface area (Å²) < 4.78 is 24.6. The highest BCUT2D eigenvalue weighted by molar-refractivity contribution is 5.83. The molecule has 3 rings (SSSR count). The fraction of sp³-hybridized carbons (Fsp3) is 0.562. The molecule has 1 aromatic carbocycles. The second-order valence-corrected chi connectivity index (χ2v) is 5.87. The van der Waals surface area contributed by atoms with Crippen LogP contribution in [0.25, 0.3) is 0 Å². The van der Waals surface area contributed by atoms with Crippen LogP contribution in [0, 0.1) is 0 Å². The number of halogens is 1. The van der Waals surface area contributed by atoms with Gasteiger partial charge in [0.25, 0.3) is 0 Å². The Labute approximate surface area is 122 Å². The van der Waals surface area contributed by atoms with E-state index in [0.29, 0.717) is 35.5 Å². The number of rotatable bonds is 3. The molecule has 1 aliphatic carbocycles. The molecular weight excluding hydrogens is 275 g/mol. The smallest absolute Gasteiger partial charge is 0.314 e. The molecule has 0 amide bonds. The number of alkyl halides is 1. The van der Waals surface area contributed by atoms with E-state index >= 15 is 0 Å². The van der Waals surface area contributed by atoms with Crippen LogP contribution < -0.4 is 9.47 Å². The number of carboxylic acids is 1. The third-order valence-corrected chi connectivity index (χ3v) is 4.59. The molecule has 1 fully saturated rings. The summed E-state index contributed by atoms with van der Waals surface area (Å²) in [5.74, 6) is 0.0745. The number of hydrogen-bond donors (Lipinski definition) is 1. The molecule has 1 heterocycles. The third kappa shape index (κ3) is 2.24. The van der Waals surface area contributed by atoms with Gasteiger partial charge in [0.2, 0.25) is 6.79 Å². The Hall–Kier alpha value is -1.78. The summed E-state index contributed by atoms with van der Waals surface area (Å²) in [5.41, 5.74) is 0.0330. The summed E-state index contributed by atoms with van der Waals surface area (Å²) >= 11 is 0. The lowest BCUT2D eigenvalue weighted by atomic mass is 9.68. The maximum Gasteiger partial charge on any atom is 0.314 e. The van der Waals surface area contributed by atoms with Crippen molar-refractivity contribution in [2.75, 3.05) is 6.79 Å². The molecule has 0 radical (unpaired) electrons. The Morgan fingerprint density at radius 3 is 2.62 bits per heavy atom. The highest BCUT2D eigenvalue weighted by atomic mass is 19.1. The van der Waals surface area contributed by atoms with E-state index < -0.39 is 17.6 Å². The Kier molecular flexibility index (Phi) is 3.51. The summed E-state index contributed by atoms with van der Waals surface area (Å²) in [6.45, 7) is 1.50. The molecule has 0 aromatic heterocycles. The molecule has 0 bridgehead atoms. The molecule has 0 spiro atoms. The fourth-order valence-corrected chi connectivity index (χ4v) is 3.37. The first-order valence-electron chi connectivity index (χ1n) is 7.36. The summed E-state index contributed by atoms with van der Waals surface area (Å²) in [6.07, 6.45) is 2.69. The summed E-state index contributed by atoms with van der Waals surface area (Å²) in [6, 6.07) is 3.26. The zero-order chi connectivity index (χ0) is 15.0. The van der Waals surface area contributed by atoms with Gasteiger partial charge in [0.1, 0.15) is 6.17 Å². The van der Waals surface area contributed by atoms with Crippen molar-refractivity contribution in [2.45, 2.75) is 50.6 Å². The average Bonchev–Trinajstić information content (AvgIpc) is 2.94. The van der Waals surface area contributed by atoms with Gasteiger partial charge in [-0.25, -0.2) is 4.39 Å². The average molecular weight is 294 g/mol. The second kappa shape index (κ2) is 5.20. The standard InChI is InChI=1S/C16H19FO4/c1-10(17)11-7-12(14-13(8-11)20-9-21-14)16(15(18)19)5-3-2-4-6-16/h7-8,10H,2-6,9H2,1H3,(H,18,19). The minimum atomic E-state index is -1.17. The maximum atomic E-state index is 13.7. The van der Waals surface area contributed by atoms with E-state index in [4.69, 9.17) is 9.47 Å². The van der Waals surface area contributed by atoms with Crippen molar-refractivity contribution in [3.63, 3.8) is 0 Å². The van der Waals surface area contributed by atoms with Gasteiger partial charge in [-0.1, -0.05) is 19.3 Å². The maximum absolute atomic E-state index is 13.7. The van der Waals surface area contributed by atoms with Crippen LogP contribution in [0.3, 0.4) is 0 Å². The first-order chi connectivity index (χ1) is 10.0. The predicted molar refractivity (Wildman–Crippen MR) is 74.5 cm³/mol. The molecule has 1 saturated carbocycles. The first-order valence-corrected chi connectivity index (χ1v) is 7.36. The van der Waals surface area contributed by atoms with Gasteiger partial charge in [-0.2, -0.15) is 0 Å². The lowest BCUT2D eigenvalue weighted by Gasteiger charge is -2.34. The fourth-order valence-electron chi connectivity index (χ4n) is 3.37. The van der Waals surface area contributed by atoms with Crippen molar-refractivity contribution in [1.29, 1.82) is 0 Å². The zero-order valence-corrected chi connectivity index (χ0v) is 12.0. The van der Waals surface area contributed by atoms with E-state index in [1.165, 1.54) is 6.92 Å². The van der Waals surface area contributed by atoms with Crippen LogP contribution in [0.1, 0.15) is 56.3 Å². The normalized spacial score (nSPS) is 21.0. The van der Waals surface area contributed by atoms with Gasteiger partial charge in [-0.05, 0) is 37.5 Å². The quantitative estimate of drug-likeness (QED) is 0.922. The Morgan fingerprint density at radius 1 is 1.29 bits per heavy atom. The molecule has 114 valence electrons. The van der Waals surface area contributed by atoms with Crippen LogP contribution in [0.2, 0.25) is 0 Å². The zero-order valence-electron chi connectivity index (χ0n) is 12.0. The Balaban J connectivity index is 2.17. The number of ether oxygens (including phenoxy) is 2. The number of aliphatic carboxylic acids is 1. The van der Waals surface area contributed by atoms with E-state index in [2.05, 4.69) is 0 Å². The first kappa shape index (κ1) is 14.2. The van der Waals surface area contributed by atoms with Crippen LogP contribution in [0.5, 0.6) is 11.5 Å². The molecule has 5 heteroatoms. The lowest BCUT2D eigenvalue weighted by molar-refractivity contribution is -0.145. The van der Waals surface area contributed by atoms with E-state index in [9.17, 15) is 14.3 Å². The highest BCUT2D eigenvalue weighted by Crippen LogP contribution is 2.49. The van der Waals surface area contributed by atoms with Crippen molar-refractivity contribution in [3.05, 3.63) is 23.3 Å². The number of carboxylic acid groups (broad SMARTS) is 1. The van der Waals surface area contributed by atoms with Gasteiger partial charge in [0.15, 0.2) is 11.5 Å². The number of fused-ring (bicyclic) bond motifs is 1. The van der Waals surface area contributed by atoms with E-state index in [1.54, 1.807) is 12.1 Å². The number of hydrogen-bond acceptors (Lipinski definition) is 3. The molecule has 1 atom stereocenters. The van der Waals surface area contributed by atoms with Crippen LogP contribution in [-0.2, 0) is 10.2 Å². The van der Waals surface area contributed by atoms with Gasteiger partial charge in [0.05, 0.1) is 5.41 Å². The molecule has 1 unspecified atom stereocenters. The van der Waals surface area contributed by atoms with Crippen LogP contribution in [0.15, 0.2) is 12.1 Å². The minimum absolute atomic E-state index is 0.0577. The predicted octanol–water partition coefficient (Wildman–Crippen LogP) is 3.73. The summed E-state index contributed by atoms with van der Waals surface area (Å²) in [4.78, 5) is 12.0. The van der Waals surface area contributed by atoms with E-state index in [-0.39, 0.29) is 6.79 Å². The molecule has 1 aromatic rings. The van der Waals surface area contributed by atoms with E-state index in [0.717, 1.165) is 19.3 Å². The molecule has 4 nitrogen and oxygen atoms in total. The van der Waals surface area contributed by atoms with Crippen molar-refractivity contribution in [2.24, 2.45) is 0 Å². The van der Waals surface area contributed by atoms with Gasteiger partial charge in [-0.15, -0.1) is 0 Å². The van der Waals surface area contributed by atoms with Gasteiger partial charge >= 0.3 is 5.97 Å². The monoisotopic (exact) mass is 294 g/mol. The molecule has 1 N–H and O–H groups in total. The third-order valence-electron chi connectivity index (χ3n) is 4.59. The van der Waals surface area contributed by atoms with Crippen LogP contribution in [0.4, 0.5) is 4.39 Å². The van der Waals surface area contributed by atoms with Gasteiger partial charge in [-0.3, -0.25) is 4.79 Å². The molecule has 1 aliphatic heterocycles.